The van der Waals surface area contributed by atoms with Gasteiger partial charge in [0.15, 0.2) is 0 Å². The van der Waals surface area contributed by atoms with Crippen molar-refractivity contribution >= 4 is 12.3 Å². The van der Waals surface area contributed by atoms with Crippen LogP contribution in [0.3, 0.4) is 0 Å². The van der Waals surface area contributed by atoms with Crippen molar-refractivity contribution in [2.24, 2.45) is 23.7 Å². The first-order valence-corrected chi connectivity index (χ1v) is 7.11. The van der Waals surface area contributed by atoms with Gasteiger partial charge in [0.05, 0.1) is 7.11 Å². The average molecular weight is 262 g/mol. The van der Waals surface area contributed by atoms with Crippen LogP contribution in [0.25, 0.3) is 0 Å². The van der Waals surface area contributed by atoms with Gasteiger partial charge in [-0.05, 0) is 43.4 Å². The normalized spacial score (nSPS) is 32.1. The lowest BCUT2D eigenvalue weighted by atomic mass is 9.82. The lowest BCUT2D eigenvalue weighted by molar-refractivity contribution is -0.140. The summed E-state index contributed by atoms with van der Waals surface area (Å²) in [7, 11) is 1.42. The number of unbranched alkanes of at least 4 members (excludes halogenated alkanes) is 1. The van der Waals surface area contributed by atoms with Gasteiger partial charge in [0.1, 0.15) is 6.29 Å². The van der Waals surface area contributed by atoms with Crippen LogP contribution in [-0.2, 0) is 14.3 Å². The van der Waals surface area contributed by atoms with E-state index in [1.54, 1.807) is 0 Å². The fourth-order valence-corrected chi connectivity index (χ4v) is 3.33. The average Bonchev–Trinajstić information content (AvgIpc) is 3.02. The summed E-state index contributed by atoms with van der Waals surface area (Å²) >= 11 is 0. The molecule has 0 aromatic heterocycles. The maximum Gasteiger partial charge on any atom is 0.305 e. The fourth-order valence-electron chi connectivity index (χ4n) is 3.33. The maximum absolute atomic E-state index is 11.1. The van der Waals surface area contributed by atoms with Crippen molar-refractivity contribution in [3.8, 4) is 0 Å². The van der Waals surface area contributed by atoms with Crippen molar-refractivity contribution in [2.75, 3.05) is 7.11 Å². The molecular weight excluding hydrogens is 240 g/mol. The number of carbonyl (C=O) groups excluding carboxylic acids is 2. The molecular formula is C16H22O3. The van der Waals surface area contributed by atoms with E-state index in [1.807, 2.05) is 0 Å². The molecule has 0 heterocycles. The quantitative estimate of drug-likeness (QED) is 0.307. The molecule has 0 amide bonds. The molecule has 2 rings (SSSR count). The molecule has 0 spiro atoms. The third-order valence-corrected chi connectivity index (χ3v) is 4.40. The van der Waals surface area contributed by atoms with E-state index in [9.17, 15) is 9.59 Å². The van der Waals surface area contributed by atoms with E-state index < -0.39 is 0 Å². The van der Waals surface area contributed by atoms with Crippen LogP contribution < -0.4 is 0 Å². The maximum atomic E-state index is 11.1. The predicted molar refractivity (Wildman–Crippen MR) is 73.4 cm³/mol. The summed E-state index contributed by atoms with van der Waals surface area (Å²) in [6.07, 6.45) is 14.3. The zero-order valence-corrected chi connectivity index (χ0v) is 11.5. The minimum atomic E-state index is -0.146. The molecule has 3 heteroatoms. The number of carbonyl (C=O) groups is 2. The van der Waals surface area contributed by atoms with Crippen LogP contribution in [0.1, 0.15) is 32.1 Å². The molecule has 0 aliphatic heterocycles. The molecule has 0 N–H and O–H groups in total. The SMILES string of the molecule is COC(=O)CCC/C=C\CC1C2C=CC(C2)C1C=O. The predicted octanol–water partition coefficient (Wildman–Crippen LogP) is 2.91. The summed E-state index contributed by atoms with van der Waals surface area (Å²) in [5.74, 6) is 1.65. The van der Waals surface area contributed by atoms with E-state index in [-0.39, 0.29) is 11.9 Å². The lowest BCUT2D eigenvalue weighted by Gasteiger charge is -2.22. The van der Waals surface area contributed by atoms with E-state index >= 15 is 0 Å². The Morgan fingerprint density at radius 1 is 1.32 bits per heavy atom. The topological polar surface area (TPSA) is 43.4 Å². The minimum absolute atomic E-state index is 0.146. The number of esters is 1. The molecule has 2 aliphatic rings. The van der Waals surface area contributed by atoms with Crippen molar-refractivity contribution in [3.63, 3.8) is 0 Å². The highest BCUT2D eigenvalue weighted by atomic mass is 16.5. The van der Waals surface area contributed by atoms with Gasteiger partial charge in [-0.15, -0.1) is 0 Å². The highest BCUT2D eigenvalue weighted by molar-refractivity contribution is 5.69. The van der Waals surface area contributed by atoms with E-state index in [0.717, 1.165) is 32.0 Å². The van der Waals surface area contributed by atoms with Gasteiger partial charge < -0.3 is 9.53 Å². The van der Waals surface area contributed by atoms with E-state index in [4.69, 9.17) is 0 Å². The van der Waals surface area contributed by atoms with Crippen molar-refractivity contribution in [1.29, 1.82) is 0 Å². The zero-order chi connectivity index (χ0) is 13.7. The molecule has 3 nitrogen and oxygen atoms in total. The molecule has 0 aromatic rings. The molecule has 1 fully saturated rings. The van der Waals surface area contributed by atoms with E-state index in [1.165, 1.54) is 7.11 Å². The van der Waals surface area contributed by atoms with Crippen molar-refractivity contribution in [2.45, 2.75) is 32.1 Å². The summed E-state index contributed by atoms with van der Waals surface area (Å²) in [6, 6.07) is 0. The Balaban J connectivity index is 1.69. The van der Waals surface area contributed by atoms with Gasteiger partial charge in [0, 0.05) is 12.3 Å². The first kappa shape index (κ1) is 14.0. The first-order chi connectivity index (χ1) is 9.26. The molecule has 2 aliphatic carbocycles. The van der Waals surface area contributed by atoms with E-state index in [2.05, 4.69) is 29.0 Å². The monoisotopic (exact) mass is 262 g/mol. The largest absolute Gasteiger partial charge is 0.469 e. The highest BCUT2D eigenvalue weighted by Gasteiger charge is 2.43. The number of fused-ring (bicyclic) bond motifs is 2. The molecule has 0 saturated heterocycles. The van der Waals surface area contributed by atoms with Gasteiger partial charge in [0.25, 0.3) is 0 Å². The van der Waals surface area contributed by atoms with Gasteiger partial charge in [-0.25, -0.2) is 0 Å². The Labute approximate surface area is 114 Å². The first-order valence-electron chi connectivity index (χ1n) is 7.11. The summed E-state index contributed by atoms with van der Waals surface area (Å²) < 4.78 is 4.59. The highest BCUT2D eigenvalue weighted by Crippen LogP contribution is 2.48. The third-order valence-electron chi connectivity index (χ3n) is 4.40. The number of methoxy groups -OCH3 is 1. The number of rotatable bonds is 7. The molecule has 19 heavy (non-hydrogen) atoms. The lowest BCUT2D eigenvalue weighted by Crippen LogP contribution is -2.20. The Morgan fingerprint density at radius 2 is 2.11 bits per heavy atom. The molecule has 1 saturated carbocycles. The van der Waals surface area contributed by atoms with Gasteiger partial charge in [-0.2, -0.15) is 0 Å². The van der Waals surface area contributed by atoms with Gasteiger partial charge >= 0.3 is 5.97 Å². The number of aldehydes is 1. The number of hydrogen-bond donors (Lipinski definition) is 0. The summed E-state index contributed by atoms with van der Waals surface area (Å²) in [5, 5.41) is 0. The van der Waals surface area contributed by atoms with Crippen LogP contribution in [0.4, 0.5) is 0 Å². The van der Waals surface area contributed by atoms with Crippen molar-refractivity contribution in [3.05, 3.63) is 24.3 Å². The Morgan fingerprint density at radius 3 is 2.84 bits per heavy atom. The minimum Gasteiger partial charge on any atom is -0.469 e. The molecule has 0 radical (unpaired) electrons. The second-order valence-electron chi connectivity index (χ2n) is 5.50. The van der Waals surface area contributed by atoms with Gasteiger partial charge in [-0.1, -0.05) is 24.3 Å². The van der Waals surface area contributed by atoms with Gasteiger partial charge in [-0.3, -0.25) is 4.79 Å². The molecule has 0 aromatic carbocycles. The Hall–Kier alpha value is -1.38. The fraction of sp³-hybridized carbons (Fsp3) is 0.625. The summed E-state index contributed by atoms with van der Waals surface area (Å²) in [4.78, 5) is 22.1. The van der Waals surface area contributed by atoms with Crippen LogP contribution in [0.2, 0.25) is 0 Å². The standard InChI is InChI=1S/C16H22O3/c1-19-16(18)7-5-3-2-4-6-14-12-8-9-13(10-12)15(14)11-17/h2,4,8-9,11-15H,3,5-7,10H2,1H3/b4-2-. The molecule has 104 valence electrons. The van der Waals surface area contributed by atoms with Gasteiger partial charge in [0.2, 0.25) is 0 Å². The number of allylic oxidation sites excluding steroid dienone is 4. The van der Waals surface area contributed by atoms with E-state index in [0.29, 0.717) is 24.2 Å². The molecule has 2 bridgehead atoms. The summed E-state index contributed by atoms with van der Waals surface area (Å²) in [5.41, 5.74) is 0. The zero-order valence-electron chi connectivity index (χ0n) is 11.5. The van der Waals surface area contributed by atoms with Crippen molar-refractivity contribution in [1.82, 2.24) is 0 Å². The van der Waals surface area contributed by atoms with Crippen LogP contribution >= 0.6 is 0 Å². The smallest absolute Gasteiger partial charge is 0.305 e. The van der Waals surface area contributed by atoms with Crippen LogP contribution in [-0.4, -0.2) is 19.4 Å². The second-order valence-corrected chi connectivity index (χ2v) is 5.50. The van der Waals surface area contributed by atoms with Crippen LogP contribution in [0, 0.1) is 23.7 Å². The van der Waals surface area contributed by atoms with Crippen LogP contribution in [0.5, 0.6) is 0 Å². The number of hydrogen-bond acceptors (Lipinski definition) is 3. The third kappa shape index (κ3) is 3.34. The van der Waals surface area contributed by atoms with Crippen LogP contribution in [0.15, 0.2) is 24.3 Å². The second kappa shape index (κ2) is 6.69. The van der Waals surface area contributed by atoms with Crippen molar-refractivity contribution < 1.29 is 14.3 Å². The molecule has 4 unspecified atom stereocenters. The summed E-state index contributed by atoms with van der Waals surface area (Å²) in [6.45, 7) is 0. The Kier molecular flexibility index (Phi) is 4.94. The number of ether oxygens (including phenoxy) is 1. The molecule has 4 atom stereocenters. The Bertz CT molecular complexity index is 383.